The quantitative estimate of drug-likeness (QED) is 0.659. The second-order valence-corrected chi connectivity index (χ2v) is 4.66. The molecule has 1 atom stereocenters. The van der Waals surface area contributed by atoms with Crippen LogP contribution in [-0.2, 0) is 4.74 Å². The van der Waals surface area contributed by atoms with E-state index >= 15 is 0 Å². The highest BCUT2D eigenvalue weighted by Crippen LogP contribution is 2.27. The largest absolute Gasteiger partial charge is 0.381 e. The summed E-state index contributed by atoms with van der Waals surface area (Å²) in [7, 11) is 0. The van der Waals surface area contributed by atoms with Gasteiger partial charge >= 0.3 is 0 Å². The molecule has 1 aliphatic rings. The fraction of sp³-hybridized carbons (Fsp3) is 0.538. The Labute approximate surface area is 106 Å². The zero-order chi connectivity index (χ0) is 13.0. The van der Waals surface area contributed by atoms with Gasteiger partial charge in [-0.1, -0.05) is 12.1 Å². The van der Waals surface area contributed by atoms with Crippen molar-refractivity contribution in [3.63, 3.8) is 0 Å². The lowest BCUT2D eigenvalue weighted by molar-refractivity contribution is -0.384. The van der Waals surface area contributed by atoms with Crippen LogP contribution in [0.3, 0.4) is 0 Å². The van der Waals surface area contributed by atoms with Crippen LogP contribution >= 0.6 is 0 Å². The van der Waals surface area contributed by atoms with Gasteiger partial charge in [0.1, 0.15) is 5.69 Å². The normalized spacial score (nSPS) is 18.3. The minimum Gasteiger partial charge on any atom is -0.381 e. The first-order chi connectivity index (χ1) is 8.68. The Morgan fingerprint density at radius 2 is 2.06 bits per heavy atom. The van der Waals surface area contributed by atoms with E-state index in [2.05, 4.69) is 12.2 Å². The van der Waals surface area contributed by atoms with E-state index in [1.165, 1.54) is 6.07 Å². The topological polar surface area (TPSA) is 64.4 Å². The van der Waals surface area contributed by atoms with Crippen LogP contribution in [0.5, 0.6) is 0 Å². The number of rotatable bonds is 4. The van der Waals surface area contributed by atoms with Crippen LogP contribution in [0.2, 0.25) is 0 Å². The third-order valence-corrected chi connectivity index (χ3v) is 3.46. The average molecular weight is 250 g/mol. The molecule has 98 valence electrons. The van der Waals surface area contributed by atoms with E-state index in [1.54, 1.807) is 12.1 Å². The Bertz CT molecular complexity index is 416. The Hall–Kier alpha value is -1.62. The van der Waals surface area contributed by atoms with Gasteiger partial charge in [-0.2, -0.15) is 0 Å². The Morgan fingerprint density at radius 3 is 2.72 bits per heavy atom. The van der Waals surface area contributed by atoms with Crippen molar-refractivity contribution in [2.45, 2.75) is 25.8 Å². The highest BCUT2D eigenvalue weighted by molar-refractivity contribution is 5.61. The highest BCUT2D eigenvalue weighted by Gasteiger charge is 2.22. The summed E-state index contributed by atoms with van der Waals surface area (Å²) in [5.74, 6) is 0.513. The summed E-state index contributed by atoms with van der Waals surface area (Å²) in [6, 6.07) is 7.00. The van der Waals surface area contributed by atoms with Gasteiger partial charge in [0, 0.05) is 25.3 Å². The van der Waals surface area contributed by atoms with E-state index in [0.717, 1.165) is 26.1 Å². The first-order valence-corrected chi connectivity index (χ1v) is 6.26. The van der Waals surface area contributed by atoms with Crippen molar-refractivity contribution < 1.29 is 9.66 Å². The highest BCUT2D eigenvalue weighted by atomic mass is 16.6. The smallest absolute Gasteiger partial charge is 0.292 e. The van der Waals surface area contributed by atoms with Gasteiger partial charge in [-0.15, -0.1) is 0 Å². The van der Waals surface area contributed by atoms with Crippen molar-refractivity contribution in [2.75, 3.05) is 18.5 Å². The molecule has 1 aromatic rings. The molecule has 1 aromatic carbocycles. The number of hydrogen-bond acceptors (Lipinski definition) is 4. The Morgan fingerprint density at radius 1 is 1.39 bits per heavy atom. The van der Waals surface area contributed by atoms with Gasteiger partial charge in [-0.3, -0.25) is 10.1 Å². The maximum Gasteiger partial charge on any atom is 0.292 e. The van der Waals surface area contributed by atoms with Crippen LogP contribution in [0, 0.1) is 16.0 Å². The first-order valence-electron chi connectivity index (χ1n) is 6.26. The van der Waals surface area contributed by atoms with Crippen molar-refractivity contribution in [3.05, 3.63) is 34.4 Å². The van der Waals surface area contributed by atoms with E-state index < -0.39 is 0 Å². The average Bonchev–Trinajstić information content (AvgIpc) is 2.40. The number of para-hydroxylation sites is 2. The molecule has 1 fully saturated rings. The molecule has 0 radical (unpaired) electrons. The molecule has 18 heavy (non-hydrogen) atoms. The van der Waals surface area contributed by atoms with Crippen LogP contribution < -0.4 is 5.32 Å². The summed E-state index contributed by atoms with van der Waals surface area (Å²) in [6.07, 6.45) is 2.02. The molecule has 0 unspecified atom stereocenters. The molecule has 0 saturated carbocycles. The molecule has 5 nitrogen and oxygen atoms in total. The molecule has 1 heterocycles. The monoisotopic (exact) mass is 250 g/mol. The van der Waals surface area contributed by atoms with Gasteiger partial charge in [0.05, 0.1) is 4.92 Å². The molecule has 1 saturated heterocycles. The number of benzene rings is 1. The molecule has 1 aliphatic heterocycles. The standard InChI is InChI=1S/C13H18N2O3/c1-10(11-6-8-18-9-7-11)14-12-4-2-3-5-13(12)15(16)17/h2-5,10-11,14H,6-9H2,1H3/t10-/m0/s1. The van der Waals surface area contributed by atoms with Gasteiger partial charge in [-0.05, 0) is 31.7 Å². The zero-order valence-corrected chi connectivity index (χ0v) is 10.5. The number of ether oxygens (including phenoxy) is 1. The van der Waals surface area contributed by atoms with E-state index in [4.69, 9.17) is 4.74 Å². The number of nitrogens with one attached hydrogen (secondary N) is 1. The first kappa shape index (κ1) is 12.8. The van der Waals surface area contributed by atoms with Crippen molar-refractivity contribution in [1.29, 1.82) is 0 Å². The number of nitro groups is 1. The summed E-state index contributed by atoms with van der Waals surface area (Å²) in [4.78, 5) is 10.6. The summed E-state index contributed by atoms with van der Waals surface area (Å²) >= 11 is 0. The third-order valence-electron chi connectivity index (χ3n) is 3.46. The predicted molar refractivity (Wildman–Crippen MR) is 69.7 cm³/mol. The van der Waals surface area contributed by atoms with Crippen molar-refractivity contribution >= 4 is 11.4 Å². The molecule has 0 spiro atoms. The summed E-state index contributed by atoms with van der Waals surface area (Å²) in [5.41, 5.74) is 0.734. The minimum absolute atomic E-state index is 0.136. The lowest BCUT2D eigenvalue weighted by Gasteiger charge is -2.28. The summed E-state index contributed by atoms with van der Waals surface area (Å²) in [5, 5.41) is 14.2. The molecule has 0 aliphatic carbocycles. The molecular formula is C13H18N2O3. The fourth-order valence-electron chi connectivity index (χ4n) is 2.33. The number of hydrogen-bond donors (Lipinski definition) is 1. The van der Waals surface area contributed by atoms with Crippen molar-refractivity contribution in [2.24, 2.45) is 5.92 Å². The van der Waals surface area contributed by atoms with Crippen LogP contribution in [0.15, 0.2) is 24.3 Å². The number of anilines is 1. The van der Waals surface area contributed by atoms with Crippen molar-refractivity contribution in [3.8, 4) is 0 Å². The molecule has 5 heteroatoms. The third kappa shape index (κ3) is 2.98. The molecular weight excluding hydrogens is 232 g/mol. The second-order valence-electron chi connectivity index (χ2n) is 4.66. The summed E-state index contributed by atoms with van der Waals surface area (Å²) < 4.78 is 5.33. The second kappa shape index (κ2) is 5.82. The van der Waals surface area contributed by atoms with Crippen LogP contribution in [0.1, 0.15) is 19.8 Å². The van der Waals surface area contributed by atoms with E-state index in [0.29, 0.717) is 11.6 Å². The van der Waals surface area contributed by atoms with Crippen LogP contribution in [0.25, 0.3) is 0 Å². The maximum absolute atomic E-state index is 10.9. The number of nitrogens with zero attached hydrogens (tertiary/aromatic N) is 1. The van der Waals surface area contributed by atoms with E-state index in [1.807, 2.05) is 6.07 Å². The van der Waals surface area contributed by atoms with Crippen LogP contribution in [0.4, 0.5) is 11.4 Å². The van der Waals surface area contributed by atoms with Gasteiger partial charge in [-0.25, -0.2) is 0 Å². The van der Waals surface area contributed by atoms with Gasteiger partial charge < -0.3 is 10.1 Å². The lowest BCUT2D eigenvalue weighted by Crippen LogP contribution is -2.31. The predicted octanol–water partition coefficient (Wildman–Crippen LogP) is 2.82. The van der Waals surface area contributed by atoms with Crippen LogP contribution in [-0.4, -0.2) is 24.2 Å². The molecule has 0 aromatic heterocycles. The lowest BCUT2D eigenvalue weighted by atomic mass is 9.93. The van der Waals surface area contributed by atoms with E-state index in [-0.39, 0.29) is 16.7 Å². The van der Waals surface area contributed by atoms with Gasteiger partial charge in [0.15, 0.2) is 0 Å². The van der Waals surface area contributed by atoms with Crippen molar-refractivity contribution in [1.82, 2.24) is 0 Å². The molecule has 0 amide bonds. The molecule has 0 bridgehead atoms. The SMILES string of the molecule is C[C@H](Nc1ccccc1[N+](=O)[O-])C1CCOCC1. The van der Waals surface area contributed by atoms with Gasteiger partial charge in [0.25, 0.3) is 5.69 Å². The molecule has 1 N–H and O–H groups in total. The number of nitro benzene ring substituents is 1. The Balaban J connectivity index is 2.06. The molecule has 2 rings (SSSR count). The summed E-state index contributed by atoms with van der Waals surface area (Å²) in [6.45, 7) is 3.65. The Kier molecular flexibility index (Phi) is 4.15. The van der Waals surface area contributed by atoms with E-state index in [9.17, 15) is 10.1 Å². The van der Waals surface area contributed by atoms with Gasteiger partial charge in [0.2, 0.25) is 0 Å². The maximum atomic E-state index is 10.9. The minimum atomic E-state index is -0.348. The zero-order valence-electron chi connectivity index (χ0n) is 10.5. The fourth-order valence-corrected chi connectivity index (χ4v) is 2.33.